The predicted molar refractivity (Wildman–Crippen MR) is 70.4 cm³/mol. The van der Waals surface area contributed by atoms with Crippen LogP contribution in [-0.2, 0) is 4.74 Å². The molecule has 0 amide bonds. The molecule has 1 saturated heterocycles. The van der Waals surface area contributed by atoms with Crippen LogP contribution in [0.1, 0.15) is 36.1 Å². The molecule has 2 N–H and O–H groups in total. The highest BCUT2D eigenvalue weighted by molar-refractivity contribution is 5.22. The molecule has 0 spiro atoms. The first kappa shape index (κ1) is 12.1. The molecule has 3 rings (SSSR count). The van der Waals surface area contributed by atoms with Gasteiger partial charge in [0, 0.05) is 43.5 Å². The lowest BCUT2D eigenvalue weighted by molar-refractivity contribution is 0.0178. The summed E-state index contributed by atoms with van der Waals surface area (Å²) in [4.78, 5) is 6.99. The van der Waals surface area contributed by atoms with Gasteiger partial charge in [0.05, 0.1) is 13.2 Å². The molecule has 4 heteroatoms. The predicted octanol–water partition coefficient (Wildman–Crippen LogP) is 1.29. The van der Waals surface area contributed by atoms with E-state index in [9.17, 15) is 0 Å². The van der Waals surface area contributed by atoms with Crippen LogP contribution in [0.4, 0.5) is 0 Å². The Labute approximate surface area is 108 Å². The summed E-state index contributed by atoms with van der Waals surface area (Å²) in [6.07, 6.45) is 4.62. The van der Waals surface area contributed by atoms with Gasteiger partial charge in [0.15, 0.2) is 0 Å². The number of aromatic nitrogens is 1. The van der Waals surface area contributed by atoms with E-state index in [4.69, 9.17) is 10.5 Å². The molecule has 1 aromatic rings. The molecule has 1 aliphatic carbocycles. The molecule has 98 valence electrons. The van der Waals surface area contributed by atoms with Crippen LogP contribution in [0.2, 0.25) is 0 Å². The Kier molecular flexibility index (Phi) is 3.59. The van der Waals surface area contributed by atoms with E-state index < -0.39 is 0 Å². The molecule has 1 atom stereocenters. The van der Waals surface area contributed by atoms with Crippen LogP contribution < -0.4 is 5.73 Å². The second-order valence-electron chi connectivity index (χ2n) is 5.19. The zero-order valence-corrected chi connectivity index (χ0v) is 10.7. The molecular formula is C14H21N3O. The lowest BCUT2D eigenvalue weighted by atomic mass is 10.1. The van der Waals surface area contributed by atoms with E-state index in [1.54, 1.807) is 0 Å². The Morgan fingerprint density at radius 1 is 1.33 bits per heavy atom. The van der Waals surface area contributed by atoms with E-state index in [0.29, 0.717) is 6.54 Å². The van der Waals surface area contributed by atoms with Crippen LogP contribution in [0.15, 0.2) is 18.3 Å². The number of nitrogens with zero attached hydrogens (tertiary/aromatic N) is 2. The van der Waals surface area contributed by atoms with Crippen LogP contribution in [0, 0.1) is 0 Å². The van der Waals surface area contributed by atoms with Gasteiger partial charge in [-0.05, 0) is 24.5 Å². The third kappa shape index (κ3) is 2.55. The topological polar surface area (TPSA) is 51.4 Å². The van der Waals surface area contributed by atoms with Crippen LogP contribution >= 0.6 is 0 Å². The first-order valence-electron chi connectivity index (χ1n) is 6.86. The van der Waals surface area contributed by atoms with E-state index in [-0.39, 0.29) is 6.04 Å². The van der Waals surface area contributed by atoms with Crippen LogP contribution in [0.5, 0.6) is 0 Å². The molecule has 0 radical (unpaired) electrons. The van der Waals surface area contributed by atoms with E-state index >= 15 is 0 Å². The van der Waals surface area contributed by atoms with Gasteiger partial charge < -0.3 is 10.5 Å². The van der Waals surface area contributed by atoms with Crippen molar-refractivity contribution in [2.45, 2.75) is 24.8 Å². The maximum Gasteiger partial charge on any atom is 0.0594 e. The highest BCUT2D eigenvalue weighted by Crippen LogP contribution is 2.39. The summed E-state index contributed by atoms with van der Waals surface area (Å²) >= 11 is 0. The fraction of sp³-hybridized carbons (Fsp3) is 0.643. The van der Waals surface area contributed by atoms with Gasteiger partial charge in [0.2, 0.25) is 0 Å². The lowest BCUT2D eigenvalue weighted by Gasteiger charge is -2.33. The van der Waals surface area contributed by atoms with Crippen molar-refractivity contribution in [3.63, 3.8) is 0 Å². The highest BCUT2D eigenvalue weighted by atomic mass is 16.5. The minimum Gasteiger partial charge on any atom is -0.379 e. The second-order valence-corrected chi connectivity index (χ2v) is 5.19. The van der Waals surface area contributed by atoms with E-state index in [1.807, 2.05) is 6.20 Å². The Bertz CT molecular complexity index is 383. The number of rotatable bonds is 4. The normalized spacial score (nSPS) is 22.9. The van der Waals surface area contributed by atoms with Crippen molar-refractivity contribution < 1.29 is 4.74 Å². The Hall–Kier alpha value is -0.970. The first-order valence-corrected chi connectivity index (χ1v) is 6.86. The molecule has 2 heterocycles. The van der Waals surface area contributed by atoms with E-state index in [0.717, 1.165) is 32.2 Å². The van der Waals surface area contributed by atoms with Crippen LogP contribution in [0.3, 0.4) is 0 Å². The number of ether oxygens (including phenoxy) is 1. The van der Waals surface area contributed by atoms with Crippen molar-refractivity contribution in [3.05, 3.63) is 29.6 Å². The van der Waals surface area contributed by atoms with Gasteiger partial charge in [-0.2, -0.15) is 0 Å². The summed E-state index contributed by atoms with van der Waals surface area (Å²) in [6, 6.07) is 4.67. The third-order valence-corrected chi connectivity index (χ3v) is 3.90. The van der Waals surface area contributed by atoms with Gasteiger partial charge in [0.25, 0.3) is 0 Å². The SMILES string of the molecule is NCC(c1ccc(C2CC2)nc1)N1CCOCC1. The van der Waals surface area contributed by atoms with Gasteiger partial charge in [-0.1, -0.05) is 6.07 Å². The average Bonchev–Trinajstić information content (AvgIpc) is 3.26. The van der Waals surface area contributed by atoms with Crippen molar-refractivity contribution in [3.8, 4) is 0 Å². The van der Waals surface area contributed by atoms with Gasteiger partial charge in [-0.15, -0.1) is 0 Å². The summed E-state index contributed by atoms with van der Waals surface area (Å²) < 4.78 is 5.39. The minimum atomic E-state index is 0.287. The molecule has 18 heavy (non-hydrogen) atoms. The number of hydrogen-bond donors (Lipinski definition) is 1. The Morgan fingerprint density at radius 3 is 2.67 bits per heavy atom. The molecule has 1 aromatic heterocycles. The molecule has 2 fully saturated rings. The maximum absolute atomic E-state index is 5.94. The minimum absolute atomic E-state index is 0.287. The van der Waals surface area contributed by atoms with E-state index in [2.05, 4.69) is 22.0 Å². The van der Waals surface area contributed by atoms with Crippen molar-refractivity contribution in [1.29, 1.82) is 0 Å². The summed E-state index contributed by atoms with van der Waals surface area (Å²) in [5, 5.41) is 0. The van der Waals surface area contributed by atoms with Crippen molar-refractivity contribution in [2.24, 2.45) is 5.73 Å². The average molecular weight is 247 g/mol. The highest BCUT2D eigenvalue weighted by Gasteiger charge is 2.26. The molecule has 1 aliphatic heterocycles. The summed E-state index contributed by atoms with van der Waals surface area (Å²) in [5.41, 5.74) is 8.42. The largest absolute Gasteiger partial charge is 0.379 e. The number of hydrogen-bond acceptors (Lipinski definition) is 4. The van der Waals surface area contributed by atoms with Crippen LogP contribution in [-0.4, -0.2) is 42.7 Å². The van der Waals surface area contributed by atoms with Crippen molar-refractivity contribution in [1.82, 2.24) is 9.88 Å². The summed E-state index contributed by atoms with van der Waals surface area (Å²) in [5.74, 6) is 0.721. The fourth-order valence-corrected chi connectivity index (χ4v) is 2.62. The molecule has 0 bridgehead atoms. The van der Waals surface area contributed by atoms with Crippen molar-refractivity contribution in [2.75, 3.05) is 32.8 Å². The molecule has 1 unspecified atom stereocenters. The molecule has 4 nitrogen and oxygen atoms in total. The Morgan fingerprint density at radius 2 is 2.11 bits per heavy atom. The monoisotopic (exact) mass is 247 g/mol. The molecule has 1 saturated carbocycles. The lowest BCUT2D eigenvalue weighted by Crippen LogP contribution is -2.41. The molecular weight excluding hydrogens is 226 g/mol. The van der Waals surface area contributed by atoms with Gasteiger partial charge >= 0.3 is 0 Å². The van der Waals surface area contributed by atoms with Crippen LogP contribution in [0.25, 0.3) is 0 Å². The third-order valence-electron chi connectivity index (χ3n) is 3.90. The van der Waals surface area contributed by atoms with Crippen molar-refractivity contribution >= 4 is 0 Å². The van der Waals surface area contributed by atoms with E-state index in [1.165, 1.54) is 24.1 Å². The van der Waals surface area contributed by atoms with Gasteiger partial charge in [-0.25, -0.2) is 0 Å². The number of pyridine rings is 1. The molecule has 0 aromatic carbocycles. The van der Waals surface area contributed by atoms with Gasteiger partial charge in [-0.3, -0.25) is 9.88 Å². The smallest absolute Gasteiger partial charge is 0.0594 e. The zero-order chi connectivity index (χ0) is 12.4. The first-order chi connectivity index (χ1) is 8.88. The quantitative estimate of drug-likeness (QED) is 0.871. The summed E-state index contributed by atoms with van der Waals surface area (Å²) in [7, 11) is 0. The standard InChI is InChI=1S/C14H21N3O/c15-9-14(17-5-7-18-8-6-17)12-3-4-13(16-10-12)11-1-2-11/h3-4,10-11,14H,1-2,5-9,15H2. The number of morpholine rings is 1. The maximum atomic E-state index is 5.94. The Balaban J connectivity index is 1.73. The summed E-state index contributed by atoms with van der Waals surface area (Å²) in [6.45, 7) is 4.19. The number of nitrogens with two attached hydrogens (primary N) is 1. The second kappa shape index (κ2) is 5.34. The zero-order valence-electron chi connectivity index (χ0n) is 10.7. The molecule has 2 aliphatic rings. The fourth-order valence-electron chi connectivity index (χ4n) is 2.62. The van der Waals surface area contributed by atoms with Gasteiger partial charge in [0.1, 0.15) is 0 Å².